The standard InChI is InChI=1S/C14H23N3O2S/c1-3-13-11-17(20(2,18)19)9-6-14(13)16-10-12-4-7-15-8-5-12/h4-5,7-8,13-14,16H,3,6,9-11H2,1-2H3/t13-,14+/m0/s1. The molecule has 0 aromatic carbocycles. The fourth-order valence-corrected chi connectivity index (χ4v) is 3.63. The third-order valence-corrected chi connectivity index (χ3v) is 5.28. The predicted molar refractivity (Wildman–Crippen MR) is 79.7 cm³/mol. The van der Waals surface area contributed by atoms with Gasteiger partial charge in [0.15, 0.2) is 0 Å². The average Bonchev–Trinajstić information content (AvgIpc) is 2.45. The summed E-state index contributed by atoms with van der Waals surface area (Å²) in [6, 6.07) is 4.38. The molecule has 1 fully saturated rings. The zero-order chi connectivity index (χ0) is 14.6. The second kappa shape index (κ2) is 6.65. The summed E-state index contributed by atoms with van der Waals surface area (Å²) < 4.78 is 24.9. The summed E-state index contributed by atoms with van der Waals surface area (Å²) in [5, 5.41) is 3.56. The highest BCUT2D eigenvalue weighted by Gasteiger charge is 2.31. The van der Waals surface area contributed by atoms with E-state index in [1.165, 1.54) is 11.8 Å². The molecule has 1 saturated heterocycles. The summed E-state index contributed by atoms with van der Waals surface area (Å²) in [6.45, 7) is 4.17. The fraction of sp³-hybridized carbons (Fsp3) is 0.643. The normalized spacial score (nSPS) is 24.7. The van der Waals surface area contributed by atoms with E-state index in [0.717, 1.165) is 19.4 Å². The lowest BCUT2D eigenvalue weighted by molar-refractivity contribution is 0.202. The number of hydrogen-bond donors (Lipinski definition) is 1. The monoisotopic (exact) mass is 297 g/mol. The topological polar surface area (TPSA) is 62.3 Å². The zero-order valence-corrected chi connectivity index (χ0v) is 12.9. The Labute approximate surface area is 121 Å². The molecule has 0 unspecified atom stereocenters. The van der Waals surface area contributed by atoms with E-state index >= 15 is 0 Å². The van der Waals surface area contributed by atoms with Crippen LogP contribution in [0.1, 0.15) is 25.3 Å². The molecule has 0 radical (unpaired) electrons. The molecule has 5 nitrogen and oxygen atoms in total. The largest absolute Gasteiger partial charge is 0.310 e. The van der Waals surface area contributed by atoms with Crippen molar-refractivity contribution in [2.45, 2.75) is 32.4 Å². The Morgan fingerprint density at radius 1 is 1.40 bits per heavy atom. The van der Waals surface area contributed by atoms with Gasteiger partial charge in [-0.15, -0.1) is 0 Å². The molecule has 0 spiro atoms. The van der Waals surface area contributed by atoms with Crippen LogP contribution in [0, 0.1) is 5.92 Å². The number of piperidine rings is 1. The summed E-state index contributed by atoms with van der Waals surface area (Å²) >= 11 is 0. The van der Waals surface area contributed by atoms with Gasteiger partial charge in [-0.2, -0.15) is 0 Å². The molecule has 6 heteroatoms. The van der Waals surface area contributed by atoms with Crippen molar-refractivity contribution >= 4 is 10.0 Å². The second-order valence-electron chi connectivity index (χ2n) is 5.42. The minimum atomic E-state index is -3.06. The van der Waals surface area contributed by atoms with Gasteiger partial charge in [0.05, 0.1) is 6.26 Å². The summed E-state index contributed by atoms with van der Waals surface area (Å²) in [4.78, 5) is 4.01. The first kappa shape index (κ1) is 15.4. The van der Waals surface area contributed by atoms with Crippen molar-refractivity contribution in [3.63, 3.8) is 0 Å². The average molecular weight is 297 g/mol. The van der Waals surface area contributed by atoms with Crippen LogP contribution in [0.2, 0.25) is 0 Å². The van der Waals surface area contributed by atoms with Gasteiger partial charge in [-0.3, -0.25) is 4.98 Å². The first-order chi connectivity index (χ1) is 9.50. The summed E-state index contributed by atoms with van der Waals surface area (Å²) in [5.41, 5.74) is 1.21. The molecule has 2 atom stereocenters. The number of pyridine rings is 1. The van der Waals surface area contributed by atoms with Crippen LogP contribution >= 0.6 is 0 Å². The smallest absolute Gasteiger partial charge is 0.211 e. The zero-order valence-electron chi connectivity index (χ0n) is 12.1. The Balaban J connectivity index is 1.93. The summed E-state index contributed by atoms with van der Waals surface area (Å²) in [6.07, 6.45) is 6.74. The van der Waals surface area contributed by atoms with E-state index in [2.05, 4.69) is 17.2 Å². The molecule has 0 saturated carbocycles. The Morgan fingerprint density at radius 2 is 2.10 bits per heavy atom. The number of hydrogen-bond acceptors (Lipinski definition) is 4. The van der Waals surface area contributed by atoms with Crippen LogP contribution in [0.15, 0.2) is 24.5 Å². The van der Waals surface area contributed by atoms with E-state index in [9.17, 15) is 8.42 Å². The molecule has 1 N–H and O–H groups in total. The molecule has 112 valence electrons. The molecule has 2 rings (SSSR count). The highest BCUT2D eigenvalue weighted by molar-refractivity contribution is 7.88. The van der Waals surface area contributed by atoms with Gasteiger partial charge in [0.2, 0.25) is 10.0 Å². The first-order valence-electron chi connectivity index (χ1n) is 7.08. The summed E-state index contributed by atoms with van der Waals surface area (Å²) in [5.74, 6) is 0.375. The molecular formula is C14H23N3O2S. The van der Waals surface area contributed by atoms with Gasteiger partial charge in [0, 0.05) is 38.1 Å². The van der Waals surface area contributed by atoms with Crippen molar-refractivity contribution in [1.82, 2.24) is 14.6 Å². The van der Waals surface area contributed by atoms with Crippen LogP contribution in [-0.4, -0.2) is 43.1 Å². The van der Waals surface area contributed by atoms with Gasteiger partial charge in [-0.25, -0.2) is 12.7 Å². The van der Waals surface area contributed by atoms with Crippen molar-refractivity contribution < 1.29 is 8.42 Å². The number of rotatable bonds is 5. The van der Waals surface area contributed by atoms with Gasteiger partial charge in [-0.1, -0.05) is 13.3 Å². The fourth-order valence-electron chi connectivity index (χ4n) is 2.73. The molecular weight excluding hydrogens is 274 g/mol. The molecule has 0 aliphatic carbocycles. The third kappa shape index (κ3) is 4.01. The van der Waals surface area contributed by atoms with Gasteiger partial charge in [0.1, 0.15) is 0 Å². The Kier molecular flexibility index (Phi) is 5.12. The molecule has 1 aromatic rings. The van der Waals surface area contributed by atoms with Gasteiger partial charge < -0.3 is 5.32 Å². The molecule has 2 heterocycles. The predicted octanol–water partition coefficient (Wildman–Crippen LogP) is 1.23. The van der Waals surface area contributed by atoms with E-state index in [1.54, 1.807) is 16.7 Å². The van der Waals surface area contributed by atoms with Crippen LogP contribution in [0.3, 0.4) is 0 Å². The first-order valence-corrected chi connectivity index (χ1v) is 8.93. The van der Waals surface area contributed by atoms with Crippen molar-refractivity contribution in [2.24, 2.45) is 5.92 Å². The highest BCUT2D eigenvalue weighted by Crippen LogP contribution is 2.22. The van der Waals surface area contributed by atoms with E-state index < -0.39 is 10.0 Å². The molecule has 1 aromatic heterocycles. The SMILES string of the molecule is CC[C@H]1CN(S(C)(=O)=O)CC[C@H]1NCc1ccncc1. The Morgan fingerprint density at radius 3 is 2.70 bits per heavy atom. The maximum absolute atomic E-state index is 11.6. The number of nitrogens with one attached hydrogen (secondary N) is 1. The molecule has 20 heavy (non-hydrogen) atoms. The molecule has 1 aliphatic heterocycles. The third-order valence-electron chi connectivity index (χ3n) is 4.01. The van der Waals surface area contributed by atoms with E-state index in [0.29, 0.717) is 25.0 Å². The van der Waals surface area contributed by atoms with Crippen molar-refractivity contribution in [2.75, 3.05) is 19.3 Å². The van der Waals surface area contributed by atoms with Gasteiger partial charge in [0.25, 0.3) is 0 Å². The Hall–Kier alpha value is -0.980. The molecule has 1 aliphatic rings. The lowest BCUT2D eigenvalue weighted by Gasteiger charge is -2.37. The molecule has 0 bridgehead atoms. The van der Waals surface area contributed by atoms with Crippen LogP contribution in [0.5, 0.6) is 0 Å². The van der Waals surface area contributed by atoms with Gasteiger partial charge >= 0.3 is 0 Å². The maximum atomic E-state index is 11.6. The number of sulfonamides is 1. The van der Waals surface area contributed by atoms with E-state index in [1.807, 2.05) is 12.1 Å². The van der Waals surface area contributed by atoms with Crippen LogP contribution in [0.4, 0.5) is 0 Å². The van der Waals surface area contributed by atoms with Crippen LogP contribution in [0.25, 0.3) is 0 Å². The lowest BCUT2D eigenvalue weighted by Crippen LogP contribution is -2.50. The number of aromatic nitrogens is 1. The number of nitrogens with zero attached hydrogens (tertiary/aromatic N) is 2. The quantitative estimate of drug-likeness (QED) is 0.888. The minimum absolute atomic E-state index is 0.375. The lowest BCUT2D eigenvalue weighted by atomic mass is 9.91. The second-order valence-corrected chi connectivity index (χ2v) is 7.40. The van der Waals surface area contributed by atoms with E-state index in [-0.39, 0.29) is 0 Å². The van der Waals surface area contributed by atoms with Gasteiger partial charge in [-0.05, 0) is 30.0 Å². The highest BCUT2D eigenvalue weighted by atomic mass is 32.2. The van der Waals surface area contributed by atoms with Crippen molar-refractivity contribution in [3.8, 4) is 0 Å². The molecule has 0 amide bonds. The summed E-state index contributed by atoms with van der Waals surface area (Å²) in [7, 11) is -3.06. The van der Waals surface area contributed by atoms with E-state index in [4.69, 9.17) is 0 Å². The van der Waals surface area contributed by atoms with Crippen LogP contribution in [-0.2, 0) is 16.6 Å². The van der Waals surface area contributed by atoms with Crippen molar-refractivity contribution in [1.29, 1.82) is 0 Å². The van der Waals surface area contributed by atoms with Crippen LogP contribution < -0.4 is 5.32 Å². The van der Waals surface area contributed by atoms with Crippen molar-refractivity contribution in [3.05, 3.63) is 30.1 Å². The maximum Gasteiger partial charge on any atom is 0.211 e. The minimum Gasteiger partial charge on any atom is -0.310 e. The Bertz CT molecular complexity index is 518.